The van der Waals surface area contributed by atoms with Crippen molar-refractivity contribution in [3.05, 3.63) is 71.1 Å². The van der Waals surface area contributed by atoms with Crippen LogP contribution in [-0.4, -0.2) is 38.7 Å². The van der Waals surface area contributed by atoms with Crippen LogP contribution in [0, 0.1) is 11.7 Å². The molecule has 0 unspecified atom stereocenters. The Balaban J connectivity index is 1.82. The Morgan fingerprint density at radius 3 is 2.40 bits per heavy atom. The third-order valence-electron chi connectivity index (χ3n) is 5.70. The molecule has 0 aliphatic heterocycles. The highest BCUT2D eigenvalue weighted by Gasteiger charge is 2.38. The number of methoxy groups -OCH3 is 2. The molecule has 0 radical (unpaired) electrons. The maximum atomic E-state index is 13.4. The van der Waals surface area contributed by atoms with E-state index in [2.05, 4.69) is 5.32 Å². The van der Waals surface area contributed by atoms with Gasteiger partial charge >= 0.3 is 12.1 Å². The lowest BCUT2D eigenvalue weighted by molar-refractivity contribution is -0.146. The summed E-state index contributed by atoms with van der Waals surface area (Å²) in [6.07, 6.45) is -1.32. The van der Waals surface area contributed by atoms with E-state index in [-0.39, 0.29) is 19.1 Å². The first-order valence-corrected chi connectivity index (χ1v) is 10.8. The van der Waals surface area contributed by atoms with E-state index in [1.807, 2.05) is 0 Å². The molecule has 35 heavy (non-hydrogen) atoms. The van der Waals surface area contributed by atoms with Gasteiger partial charge in [-0.1, -0.05) is 18.2 Å². The molecule has 0 saturated carbocycles. The Kier molecular flexibility index (Phi) is 8.03. The van der Waals surface area contributed by atoms with Crippen LogP contribution in [0.5, 0.6) is 11.5 Å². The minimum absolute atomic E-state index is 0.157. The van der Waals surface area contributed by atoms with Gasteiger partial charge in [-0.25, -0.2) is 4.39 Å². The molecular weight excluding hydrogens is 470 g/mol. The summed E-state index contributed by atoms with van der Waals surface area (Å²) in [7, 11) is 2.95. The fraction of sp³-hybridized carbons (Fsp3) is 0.360. The minimum atomic E-state index is -4.90. The molecule has 0 fully saturated rings. The average Bonchev–Trinajstić information content (AvgIpc) is 3.26. The molecule has 2 aromatic carbocycles. The smallest absolute Gasteiger partial charge is 0.417 e. The normalized spacial score (nSPS) is 18.1. The highest BCUT2D eigenvalue weighted by atomic mass is 19.4. The number of benzene rings is 2. The van der Waals surface area contributed by atoms with Crippen LogP contribution in [0.3, 0.4) is 0 Å². The highest BCUT2D eigenvalue weighted by Crippen LogP contribution is 2.38. The Bertz CT molecular complexity index is 1120. The number of esters is 1. The highest BCUT2D eigenvalue weighted by molar-refractivity contribution is 5.96. The number of hydrogen-bond acceptors (Lipinski definition) is 5. The number of allylic oxidation sites excluding steroid dienone is 1. The number of carbonyl (C=O) groups is 2. The van der Waals surface area contributed by atoms with E-state index in [1.54, 1.807) is 37.3 Å². The molecule has 0 heterocycles. The molecule has 0 bridgehead atoms. The Hall–Kier alpha value is -3.56. The summed E-state index contributed by atoms with van der Waals surface area (Å²) in [5.74, 6) is -2.84. The quantitative estimate of drug-likeness (QED) is 0.321. The number of hydrogen-bond donors (Lipinski definition) is 1. The van der Waals surface area contributed by atoms with Crippen molar-refractivity contribution in [3.8, 4) is 11.5 Å². The SMILES string of the molecule is CCOC(=O)[C@H](c1ccc(OC)c(OC)c1)[C@H]1C=C[C@@H](NC(=O)c2ccc(F)cc2C(F)(F)F)C1. The van der Waals surface area contributed by atoms with Gasteiger partial charge in [0, 0.05) is 6.04 Å². The van der Waals surface area contributed by atoms with Gasteiger partial charge in [0.15, 0.2) is 11.5 Å². The summed E-state index contributed by atoms with van der Waals surface area (Å²) in [5.41, 5.74) is -1.44. The molecule has 3 atom stereocenters. The van der Waals surface area contributed by atoms with E-state index in [1.165, 1.54) is 14.2 Å². The largest absolute Gasteiger partial charge is 0.493 e. The second kappa shape index (κ2) is 10.8. The standard InChI is InChI=1S/C25H25F4NO5/c1-4-35-24(32)22(15-6-10-20(33-2)21(12-15)34-3)14-5-8-17(11-14)30-23(31)18-9-7-16(26)13-19(18)25(27,28)29/h5-10,12-14,17,22H,4,11H2,1-3H3,(H,30,31)/t14-,17+,22-/m0/s1. The summed E-state index contributed by atoms with van der Waals surface area (Å²) in [6.45, 7) is 1.84. The van der Waals surface area contributed by atoms with E-state index < -0.39 is 52.9 Å². The Morgan fingerprint density at radius 2 is 1.77 bits per heavy atom. The number of alkyl halides is 3. The van der Waals surface area contributed by atoms with E-state index in [0.29, 0.717) is 17.1 Å². The first-order chi connectivity index (χ1) is 16.6. The molecular formula is C25H25F4NO5. The first-order valence-electron chi connectivity index (χ1n) is 10.8. The van der Waals surface area contributed by atoms with Gasteiger partial charge in [0.05, 0.1) is 37.9 Å². The van der Waals surface area contributed by atoms with Gasteiger partial charge in [-0.05, 0) is 55.2 Å². The van der Waals surface area contributed by atoms with Gasteiger partial charge < -0.3 is 19.5 Å². The van der Waals surface area contributed by atoms with Crippen LogP contribution in [0.2, 0.25) is 0 Å². The maximum Gasteiger partial charge on any atom is 0.417 e. The predicted molar refractivity (Wildman–Crippen MR) is 119 cm³/mol. The summed E-state index contributed by atoms with van der Waals surface area (Å²) >= 11 is 0. The van der Waals surface area contributed by atoms with Crippen molar-refractivity contribution >= 4 is 11.9 Å². The number of ether oxygens (including phenoxy) is 3. The van der Waals surface area contributed by atoms with Gasteiger partial charge in [-0.2, -0.15) is 13.2 Å². The fourth-order valence-electron chi connectivity index (χ4n) is 4.11. The van der Waals surface area contributed by atoms with Crippen LogP contribution >= 0.6 is 0 Å². The van der Waals surface area contributed by atoms with E-state index in [9.17, 15) is 27.2 Å². The number of halogens is 4. The second-order valence-corrected chi connectivity index (χ2v) is 7.90. The van der Waals surface area contributed by atoms with Crippen molar-refractivity contribution in [2.75, 3.05) is 20.8 Å². The Morgan fingerprint density at radius 1 is 1.06 bits per heavy atom. The molecule has 6 nitrogen and oxygen atoms in total. The third kappa shape index (κ3) is 5.93. The zero-order valence-electron chi connectivity index (χ0n) is 19.3. The number of amides is 1. The van der Waals surface area contributed by atoms with Gasteiger partial charge in [0.1, 0.15) is 5.82 Å². The van der Waals surface area contributed by atoms with E-state index in [0.717, 1.165) is 12.1 Å². The van der Waals surface area contributed by atoms with Gasteiger partial charge in [0.2, 0.25) is 0 Å². The van der Waals surface area contributed by atoms with E-state index >= 15 is 0 Å². The number of carbonyl (C=O) groups excluding carboxylic acids is 2. The van der Waals surface area contributed by atoms with Gasteiger partial charge in [-0.15, -0.1) is 0 Å². The van der Waals surface area contributed by atoms with Crippen LogP contribution in [0.25, 0.3) is 0 Å². The monoisotopic (exact) mass is 495 g/mol. The summed E-state index contributed by atoms with van der Waals surface area (Å²) in [6, 6.07) is 6.27. The van der Waals surface area contributed by atoms with Crippen molar-refractivity contribution in [2.24, 2.45) is 5.92 Å². The summed E-state index contributed by atoms with van der Waals surface area (Å²) in [4.78, 5) is 25.5. The molecule has 0 aromatic heterocycles. The van der Waals surface area contributed by atoms with Gasteiger partial charge in [-0.3, -0.25) is 9.59 Å². The zero-order chi connectivity index (χ0) is 25.8. The van der Waals surface area contributed by atoms with E-state index in [4.69, 9.17) is 14.2 Å². The predicted octanol–water partition coefficient (Wildman–Crippen LogP) is 4.88. The molecule has 3 rings (SSSR count). The van der Waals surface area contributed by atoms with Crippen molar-refractivity contribution in [1.29, 1.82) is 0 Å². The number of rotatable bonds is 8. The van der Waals surface area contributed by atoms with Crippen LogP contribution in [0.15, 0.2) is 48.6 Å². The van der Waals surface area contributed by atoms with Crippen molar-refractivity contribution in [3.63, 3.8) is 0 Å². The third-order valence-corrected chi connectivity index (χ3v) is 5.70. The topological polar surface area (TPSA) is 73.9 Å². The first kappa shape index (κ1) is 26.1. The molecule has 188 valence electrons. The van der Waals surface area contributed by atoms with Crippen LogP contribution in [0.4, 0.5) is 17.6 Å². The summed E-state index contributed by atoms with van der Waals surface area (Å²) < 4.78 is 69.1. The maximum absolute atomic E-state index is 13.4. The second-order valence-electron chi connectivity index (χ2n) is 7.90. The fourth-order valence-corrected chi connectivity index (χ4v) is 4.11. The van der Waals surface area contributed by atoms with Crippen LogP contribution < -0.4 is 14.8 Å². The lowest BCUT2D eigenvalue weighted by Gasteiger charge is -2.23. The molecule has 1 aliphatic rings. The molecule has 2 aromatic rings. The zero-order valence-corrected chi connectivity index (χ0v) is 19.3. The van der Waals surface area contributed by atoms with Gasteiger partial charge in [0.25, 0.3) is 5.91 Å². The minimum Gasteiger partial charge on any atom is -0.493 e. The molecule has 0 spiro atoms. The van der Waals surface area contributed by atoms with Crippen molar-refractivity contribution in [1.82, 2.24) is 5.32 Å². The summed E-state index contributed by atoms with van der Waals surface area (Å²) in [5, 5.41) is 2.53. The molecule has 1 aliphatic carbocycles. The number of nitrogens with one attached hydrogen (secondary N) is 1. The lowest BCUT2D eigenvalue weighted by Crippen LogP contribution is -2.35. The lowest BCUT2D eigenvalue weighted by atomic mass is 9.85. The van der Waals surface area contributed by atoms with Crippen molar-refractivity contribution < 1.29 is 41.4 Å². The Labute approximate surface area is 199 Å². The molecule has 1 N–H and O–H groups in total. The molecule has 0 saturated heterocycles. The molecule has 1 amide bonds. The van der Waals surface area contributed by atoms with Crippen LogP contribution in [-0.2, 0) is 15.7 Å². The molecule has 10 heteroatoms. The van der Waals surface area contributed by atoms with Crippen LogP contribution in [0.1, 0.15) is 40.7 Å². The average molecular weight is 495 g/mol. The van der Waals surface area contributed by atoms with Crippen molar-refractivity contribution in [2.45, 2.75) is 31.5 Å².